The predicted molar refractivity (Wildman–Crippen MR) is 89.3 cm³/mol. The van der Waals surface area contributed by atoms with E-state index in [0.717, 1.165) is 0 Å². The molecule has 0 saturated carbocycles. The second kappa shape index (κ2) is 9.79. The molecule has 2 amide bonds. The number of carbonyl (C=O) groups excluding carboxylic acids is 2. The van der Waals surface area contributed by atoms with Gasteiger partial charge in [0, 0.05) is 13.1 Å². The van der Waals surface area contributed by atoms with E-state index in [4.69, 9.17) is 22.3 Å². The number of nitrogens with two attached hydrogens (primary N) is 3. The SMILES string of the molecule is NC(N)=NCCC[C@H](NC(=O)[C@@H](N)CO)C(=O)N1CCC[C@@H]1C(=O)O. The molecule has 1 fully saturated rings. The monoisotopic (exact) mass is 358 g/mol. The highest BCUT2D eigenvalue weighted by molar-refractivity contribution is 5.92. The van der Waals surface area contributed by atoms with Crippen molar-refractivity contribution in [3.8, 4) is 0 Å². The van der Waals surface area contributed by atoms with Crippen LogP contribution in [0.4, 0.5) is 0 Å². The Hall–Kier alpha value is -2.40. The molecule has 11 heteroatoms. The van der Waals surface area contributed by atoms with Crippen LogP contribution in [-0.4, -0.2) is 76.7 Å². The highest BCUT2D eigenvalue weighted by Gasteiger charge is 2.37. The maximum Gasteiger partial charge on any atom is 0.326 e. The maximum atomic E-state index is 12.7. The molecule has 0 spiro atoms. The summed E-state index contributed by atoms with van der Waals surface area (Å²) in [6.45, 7) is 0.000725. The normalized spacial score (nSPS) is 19.1. The van der Waals surface area contributed by atoms with Crippen LogP contribution in [0.25, 0.3) is 0 Å². The molecular formula is C14H26N6O5. The van der Waals surface area contributed by atoms with Gasteiger partial charge in [-0.2, -0.15) is 0 Å². The summed E-state index contributed by atoms with van der Waals surface area (Å²) in [4.78, 5) is 40.9. The number of aliphatic carboxylic acids is 1. The van der Waals surface area contributed by atoms with Crippen molar-refractivity contribution >= 4 is 23.7 Å². The quantitative estimate of drug-likeness (QED) is 0.142. The second-order valence-corrected chi connectivity index (χ2v) is 5.83. The molecule has 3 atom stereocenters. The van der Waals surface area contributed by atoms with Gasteiger partial charge in [-0.05, 0) is 25.7 Å². The summed E-state index contributed by atoms with van der Waals surface area (Å²) in [5.41, 5.74) is 15.9. The lowest BCUT2D eigenvalue weighted by Crippen LogP contribution is -2.55. The van der Waals surface area contributed by atoms with Gasteiger partial charge in [0.2, 0.25) is 11.8 Å². The molecule has 0 unspecified atom stereocenters. The Morgan fingerprint density at radius 2 is 2.00 bits per heavy atom. The van der Waals surface area contributed by atoms with E-state index in [2.05, 4.69) is 10.3 Å². The highest BCUT2D eigenvalue weighted by Crippen LogP contribution is 2.19. The lowest BCUT2D eigenvalue weighted by Gasteiger charge is -2.27. The van der Waals surface area contributed by atoms with Gasteiger partial charge in [0.1, 0.15) is 18.1 Å². The Kier molecular flexibility index (Phi) is 8.08. The Morgan fingerprint density at radius 1 is 1.32 bits per heavy atom. The smallest absolute Gasteiger partial charge is 0.326 e. The molecule has 0 aromatic carbocycles. The van der Waals surface area contributed by atoms with Gasteiger partial charge < -0.3 is 37.6 Å². The summed E-state index contributed by atoms with van der Waals surface area (Å²) in [6.07, 6.45) is 1.55. The van der Waals surface area contributed by atoms with Crippen LogP contribution in [0, 0.1) is 0 Å². The predicted octanol–water partition coefficient (Wildman–Crippen LogP) is -3.08. The van der Waals surface area contributed by atoms with Crippen LogP contribution in [0.1, 0.15) is 25.7 Å². The molecule has 0 aromatic heterocycles. The Balaban J connectivity index is 2.80. The van der Waals surface area contributed by atoms with E-state index < -0.39 is 42.5 Å². The Morgan fingerprint density at radius 3 is 2.56 bits per heavy atom. The number of carboxylic acids is 1. The number of likely N-dealkylation sites (tertiary alicyclic amines) is 1. The number of hydrogen-bond acceptors (Lipinski definition) is 6. The minimum absolute atomic E-state index is 0.0836. The molecule has 1 aliphatic heterocycles. The molecular weight excluding hydrogens is 332 g/mol. The van der Waals surface area contributed by atoms with Crippen molar-refractivity contribution in [1.82, 2.24) is 10.2 Å². The third kappa shape index (κ3) is 6.19. The van der Waals surface area contributed by atoms with Crippen LogP contribution >= 0.6 is 0 Å². The lowest BCUT2D eigenvalue weighted by molar-refractivity contribution is -0.149. The summed E-state index contributed by atoms with van der Waals surface area (Å²) < 4.78 is 0. The van der Waals surface area contributed by atoms with Gasteiger partial charge in [0.15, 0.2) is 5.96 Å². The second-order valence-electron chi connectivity index (χ2n) is 5.83. The molecule has 1 rings (SSSR count). The summed E-state index contributed by atoms with van der Waals surface area (Å²) >= 11 is 0. The van der Waals surface area contributed by atoms with Crippen molar-refractivity contribution in [3.63, 3.8) is 0 Å². The van der Waals surface area contributed by atoms with Crippen LogP contribution in [0.5, 0.6) is 0 Å². The number of aliphatic hydroxyl groups excluding tert-OH is 1. The van der Waals surface area contributed by atoms with Crippen molar-refractivity contribution in [3.05, 3.63) is 0 Å². The Labute approximate surface area is 145 Å². The van der Waals surface area contributed by atoms with Gasteiger partial charge in [0.05, 0.1) is 6.61 Å². The molecule has 0 radical (unpaired) electrons. The number of rotatable bonds is 9. The minimum atomic E-state index is -1.16. The summed E-state index contributed by atoms with van der Waals surface area (Å²) in [7, 11) is 0. The van der Waals surface area contributed by atoms with Crippen LogP contribution < -0.4 is 22.5 Å². The number of hydrogen-bond donors (Lipinski definition) is 6. The number of guanidine groups is 1. The third-order valence-corrected chi connectivity index (χ3v) is 3.91. The van der Waals surface area contributed by atoms with Gasteiger partial charge in [-0.25, -0.2) is 4.79 Å². The van der Waals surface area contributed by atoms with Gasteiger partial charge >= 0.3 is 5.97 Å². The fraction of sp³-hybridized carbons (Fsp3) is 0.714. The van der Waals surface area contributed by atoms with E-state index in [9.17, 15) is 19.5 Å². The minimum Gasteiger partial charge on any atom is -0.480 e. The first kappa shape index (κ1) is 20.6. The van der Waals surface area contributed by atoms with E-state index in [0.29, 0.717) is 25.8 Å². The van der Waals surface area contributed by atoms with E-state index in [-0.39, 0.29) is 18.9 Å². The fourth-order valence-corrected chi connectivity index (χ4v) is 2.61. The van der Waals surface area contributed by atoms with Crippen LogP contribution in [-0.2, 0) is 14.4 Å². The molecule has 9 N–H and O–H groups in total. The molecule has 1 saturated heterocycles. The zero-order valence-corrected chi connectivity index (χ0v) is 13.9. The average molecular weight is 358 g/mol. The van der Waals surface area contributed by atoms with Crippen LogP contribution in [0.3, 0.4) is 0 Å². The van der Waals surface area contributed by atoms with Gasteiger partial charge in [-0.1, -0.05) is 0 Å². The Bertz CT molecular complexity index is 522. The number of aliphatic imine (C=N–C) groups is 1. The molecule has 1 aliphatic rings. The molecule has 142 valence electrons. The number of nitrogens with one attached hydrogen (secondary N) is 1. The zero-order valence-electron chi connectivity index (χ0n) is 13.9. The first-order valence-electron chi connectivity index (χ1n) is 8.03. The molecule has 11 nitrogen and oxygen atoms in total. The standard InChI is InChI=1S/C14H26N6O5/c15-8(7-21)11(22)19-9(3-1-5-18-14(16)17)12(23)20-6-2-4-10(20)13(24)25/h8-10,21H,1-7,15H2,(H,19,22)(H,24,25)(H4,16,17,18)/t8-,9-,10+/m0/s1. The topological polar surface area (TPSA) is 197 Å². The summed E-state index contributed by atoms with van der Waals surface area (Å²) in [6, 6.07) is -3.03. The van der Waals surface area contributed by atoms with Crippen LogP contribution in [0.15, 0.2) is 4.99 Å². The fourth-order valence-electron chi connectivity index (χ4n) is 2.61. The van der Waals surface area contributed by atoms with Crippen molar-refractivity contribution in [2.75, 3.05) is 19.7 Å². The van der Waals surface area contributed by atoms with Gasteiger partial charge in [-0.15, -0.1) is 0 Å². The average Bonchev–Trinajstić information content (AvgIpc) is 3.05. The molecule has 1 heterocycles. The number of carbonyl (C=O) groups is 3. The van der Waals surface area contributed by atoms with Crippen molar-refractivity contribution in [1.29, 1.82) is 0 Å². The third-order valence-electron chi connectivity index (χ3n) is 3.91. The summed E-state index contributed by atoms with van der Waals surface area (Å²) in [5.74, 6) is -2.34. The van der Waals surface area contributed by atoms with E-state index in [1.54, 1.807) is 0 Å². The van der Waals surface area contributed by atoms with Gasteiger partial charge in [-0.3, -0.25) is 14.6 Å². The number of carboxylic acid groups (broad SMARTS) is 1. The van der Waals surface area contributed by atoms with E-state index in [1.807, 2.05) is 0 Å². The number of amides is 2. The number of aliphatic hydroxyl groups is 1. The number of nitrogens with zero attached hydrogens (tertiary/aromatic N) is 2. The maximum absolute atomic E-state index is 12.7. The highest BCUT2D eigenvalue weighted by atomic mass is 16.4. The summed E-state index contributed by atoms with van der Waals surface area (Å²) in [5, 5.41) is 20.6. The molecule has 0 aliphatic carbocycles. The zero-order chi connectivity index (χ0) is 19.0. The first-order chi connectivity index (χ1) is 11.8. The van der Waals surface area contributed by atoms with Crippen molar-refractivity contribution < 1.29 is 24.6 Å². The van der Waals surface area contributed by atoms with E-state index >= 15 is 0 Å². The van der Waals surface area contributed by atoms with E-state index in [1.165, 1.54) is 4.90 Å². The first-order valence-corrected chi connectivity index (χ1v) is 8.03. The largest absolute Gasteiger partial charge is 0.480 e. The molecule has 0 aromatic rings. The molecule has 0 bridgehead atoms. The lowest BCUT2D eigenvalue weighted by atomic mass is 10.1. The van der Waals surface area contributed by atoms with Crippen molar-refractivity contribution in [2.24, 2.45) is 22.2 Å². The van der Waals surface area contributed by atoms with Gasteiger partial charge in [0.25, 0.3) is 0 Å². The van der Waals surface area contributed by atoms with Crippen LogP contribution in [0.2, 0.25) is 0 Å². The van der Waals surface area contributed by atoms with Crippen molar-refractivity contribution in [2.45, 2.75) is 43.8 Å². The molecule has 25 heavy (non-hydrogen) atoms.